The number of hydrogen-bond donors (Lipinski definition) is 2. The smallest absolute Gasteiger partial charge is 0.254 e. The summed E-state index contributed by atoms with van der Waals surface area (Å²) in [6.07, 6.45) is 0.148. The normalized spacial score (nSPS) is 11.0. The van der Waals surface area contributed by atoms with Gasteiger partial charge in [-0.05, 0) is 38.0 Å². The standard InChI is InChI=1S/C17H19FN6O/c1-9-4-5-12(6-14(9)18)8-20-15(25)7-13-10(2)21-17-22-16(19)23-24(17)11(13)3/h4-6H,7-8H2,1-3H3,(H2,19,23)(H,20,25). The first-order valence-corrected chi connectivity index (χ1v) is 7.85. The molecule has 0 fully saturated rings. The number of fused-ring (bicyclic) bond motifs is 1. The van der Waals surface area contributed by atoms with E-state index in [0.29, 0.717) is 22.6 Å². The molecular weight excluding hydrogens is 323 g/mol. The monoisotopic (exact) mass is 342 g/mol. The van der Waals surface area contributed by atoms with E-state index in [1.54, 1.807) is 19.1 Å². The summed E-state index contributed by atoms with van der Waals surface area (Å²) >= 11 is 0. The first-order valence-electron chi connectivity index (χ1n) is 7.85. The number of nitrogens with zero attached hydrogens (tertiary/aromatic N) is 4. The van der Waals surface area contributed by atoms with Crippen LogP contribution in [0.5, 0.6) is 0 Å². The van der Waals surface area contributed by atoms with Crippen molar-refractivity contribution in [2.24, 2.45) is 0 Å². The molecule has 130 valence electrons. The van der Waals surface area contributed by atoms with Gasteiger partial charge >= 0.3 is 0 Å². The number of halogens is 1. The van der Waals surface area contributed by atoms with E-state index in [0.717, 1.165) is 11.3 Å². The summed E-state index contributed by atoms with van der Waals surface area (Å²) in [6.45, 7) is 5.62. The van der Waals surface area contributed by atoms with Crippen molar-refractivity contribution in [1.82, 2.24) is 24.9 Å². The van der Waals surface area contributed by atoms with Gasteiger partial charge in [0, 0.05) is 23.5 Å². The van der Waals surface area contributed by atoms with Crippen LogP contribution in [0.15, 0.2) is 18.2 Å². The van der Waals surface area contributed by atoms with Gasteiger partial charge in [0.15, 0.2) is 0 Å². The molecule has 0 saturated heterocycles. The van der Waals surface area contributed by atoms with Crippen LogP contribution in [0.3, 0.4) is 0 Å². The second-order valence-electron chi connectivity index (χ2n) is 5.98. The molecule has 0 aliphatic heterocycles. The molecule has 0 radical (unpaired) electrons. The van der Waals surface area contributed by atoms with Crippen molar-refractivity contribution in [1.29, 1.82) is 0 Å². The van der Waals surface area contributed by atoms with E-state index in [1.807, 2.05) is 13.8 Å². The second-order valence-corrected chi connectivity index (χ2v) is 5.98. The summed E-state index contributed by atoms with van der Waals surface area (Å²) < 4.78 is 15.1. The van der Waals surface area contributed by atoms with Gasteiger partial charge in [-0.2, -0.15) is 9.50 Å². The molecule has 0 bridgehead atoms. The Balaban J connectivity index is 1.74. The van der Waals surface area contributed by atoms with Crippen molar-refractivity contribution in [3.8, 4) is 0 Å². The molecule has 0 aliphatic carbocycles. The van der Waals surface area contributed by atoms with Gasteiger partial charge in [0.05, 0.1) is 6.42 Å². The molecule has 8 heteroatoms. The van der Waals surface area contributed by atoms with Crippen LogP contribution in [0.25, 0.3) is 5.78 Å². The molecule has 7 nitrogen and oxygen atoms in total. The van der Waals surface area contributed by atoms with Crippen LogP contribution < -0.4 is 11.1 Å². The number of hydrogen-bond acceptors (Lipinski definition) is 5. The predicted octanol–water partition coefficient (Wildman–Crippen LogP) is 1.63. The van der Waals surface area contributed by atoms with Crippen LogP contribution in [0, 0.1) is 26.6 Å². The van der Waals surface area contributed by atoms with E-state index in [1.165, 1.54) is 10.6 Å². The van der Waals surface area contributed by atoms with E-state index in [-0.39, 0.29) is 30.6 Å². The molecule has 0 unspecified atom stereocenters. The fourth-order valence-corrected chi connectivity index (χ4v) is 2.65. The van der Waals surface area contributed by atoms with Crippen LogP contribution in [0.4, 0.5) is 10.3 Å². The molecule has 0 spiro atoms. The average molecular weight is 342 g/mol. The summed E-state index contributed by atoms with van der Waals surface area (Å²) in [5, 5.41) is 6.88. The van der Waals surface area contributed by atoms with Crippen LogP contribution >= 0.6 is 0 Å². The minimum Gasteiger partial charge on any atom is -0.366 e. The minimum atomic E-state index is -0.281. The Morgan fingerprint density at radius 1 is 1.28 bits per heavy atom. The molecule has 2 aromatic heterocycles. The zero-order chi connectivity index (χ0) is 18.1. The maximum absolute atomic E-state index is 13.6. The Hall–Kier alpha value is -3.03. The third-order valence-corrected chi connectivity index (χ3v) is 4.13. The Bertz CT molecular complexity index is 965. The quantitative estimate of drug-likeness (QED) is 0.751. The van der Waals surface area contributed by atoms with Gasteiger partial charge in [-0.1, -0.05) is 12.1 Å². The lowest BCUT2D eigenvalue weighted by molar-refractivity contribution is -0.120. The lowest BCUT2D eigenvalue weighted by Gasteiger charge is -2.11. The Morgan fingerprint density at radius 2 is 2.04 bits per heavy atom. The SMILES string of the molecule is Cc1ccc(CNC(=O)Cc2c(C)nc3nc(N)nn3c2C)cc1F. The summed E-state index contributed by atoms with van der Waals surface area (Å²) in [5.74, 6) is 0.0862. The van der Waals surface area contributed by atoms with Crippen molar-refractivity contribution in [2.45, 2.75) is 33.7 Å². The van der Waals surface area contributed by atoms with Crippen molar-refractivity contribution >= 4 is 17.6 Å². The number of nitrogens with one attached hydrogen (secondary N) is 1. The Morgan fingerprint density at radius 3 is 2.76 bits per heavy atom. The number of nitrogens with two attached hydrogens (primary N) is 1. The van der Waals surface area contributed by atoms with Crippen molar-refractivity contribution in [3.63, 3.8) is 0 Å². The van der Waals surface area contributed by atoms with Gasteiger partial charge in [0.25, 0.3) is 5.78 Å². The van der Waals surface area contributed by atoms with Crippen LogP contribution in [-0.2, 0) is 17.8 Å². The Labute approximate surface area is 144 Å². The number of carbonyl (C=O) groups is 1. The first-order chi connectivity index (χ1) is 11.8. The number of amides is 1. The first kappa shape index (κ1) is 16.8. The molecule has 3 N–H and O–H groups in total. The number of anilines is 1. The molecule has 0 aliphatic rings. The molecule has 3 aromatic rings. The van der Waals surface area contributed by atoms with E-state index < -0.39 is 0 Å². The predicted molar refractivity (Wildman–Crippen MR) is 91.4 cm³/mol. The highest BCUT2D eigenvalue weighted by Gasteiger charge is 2.15. The van der Waals surface area contributed by atoms with Gasteiger partial charge in [0.2, 0.25) is 11.9 Å². The van der Waals surface area contributed by atoms with Crippen LogP contribution in [0.1, 0.15) is 28.1 Å². The molecule has 0 atom stereocenters. The summed E-state index contributed by atoms with van der Waals surface area (Å²) in [6, 6.07) is 4.91. The fourth-order valence-electron chi connectivity index (χ4n) is 2.65. The zero-order valence-corrected chi connectivity index (χ0v) is 14.3. The molecule has 25 heavy (non-hydrogen) atoms. The molecule has 2 heterocycles. The molecular formula is C17H19FN6O. The lowest BCUT2D eigenvalue weighted by Crippen LogP contribution is -2.26. The van der Waals surface area contributed by atoms with E-state index in [2.05, 4.69) is 20.4 Å². The zero-order valence-electron chi connectivity index (χ0n) is 14.3. The number of nitrogen functional groups attached to an aromatic ring is 1. The van der Waals surface area contributed by atoms with Crippen molar-refractivity contribution in [3.05, 3.63) is 52.1 Å². The summed E-state index contributed by atoms with van der Waals surface area (Å²) in [5.41, 5.74) is 9.13. The summed E-state index contributed by atoms with van der Waals surface area (Å²) in [7, 11) is 0. The van der Waals surface area contributed by atoms with E-state index in [9.17, 15) is 9.18 Å². The van der Waals surface area contributed by atoms with Gasteiger partial charge in [-0.3, -0.25) is 4.79 Å². The van der Waals surface area contributed by atoms with Gasteiger partial charge in [0.1, 0.15) is 5.82 Å². The highest BCUT2D eigenvalue weighted by Crippen LogP contribution is 2.15. The largest absolute Gasteiger partial charge is 0.366 e. The Kier molecular flexibility index (Phi) is 4.35. The fraction of sp³-hybridized carbons (Fsp3) is 0.294. The molecule has 0 saturated carbocycles. The number of carbonyl (C=O) groups excluding carboxylic acids is 1. The third-order valence-electron chi connectivity index (χ3n) is 4.13. The van der Waals surface area contributed by atoms with E-state index in [4.69, 9.17) is 5.73 Å². The number of benzene rings is 1. The van der Waals surface area contributed by atoms with Crippen LogP contribution in [-0.4, -0.2) is 25.5 Å². The average Bonchev–Trinajstić information content (AvgIpc) is 2.93. The second kappa shape index (κ2) is 6.46. The topological polar surface area (TPSA) is 98.2 Å². The maximum atomic E-state index is 13.6. The molecule has 1 amide bonds. The highest BCUT2D eigenvalue weighted by molar-refractivity contribution is 5.79. The number of aryl methyl sites for hydroxylation is 3. The molecule has 1 aromatic carbocycles. The minimum absolute atomic E-state index is 0.137. The molecule has 3 rings (SSSR count). The number of aromatic nitrogens is 4. The lowest BCUT2D eigenvalue weighted by atomic mass is 10.1. The number of rotatable bonds is 4. The summed E-state index contributed by atoms with van der Waals surface area (Å²) in [4.78, 5) is 20.6. The van der Waals surface area contributed by atoms with Crippen LogP contribution in [0.2, 0.25) is 0 Å². The third kappa shape index (κ3) is 3.42. The van der Waals surface area contributed by atoms with Gasteiger partial charge in [-0.25, -0.2) is 9.37 Å². The van der Waals surface area contributed by atoms with Crippen molar-refractivity contribution in [2.75, 3.05) is 5.73 Å². The van der Waals surface area contributed by atoms with Crippen molar-refractivity contribution < 1.29 is 9.18 Å². The van der Waals surface area contributed by atoms with E-state index >= 15 is 0 Å². The van der Waals surface area contributed by atoms with Gasteiger partial charge in [-0.15, -0.1) is 5.10 Å². The maximum Gasteiger partial charge on any atom is 0.254 e. The highest BCUT2D eigenvalue weighted by atomic mass is 19.1. The van der Waals surface area contributed by atoms with Gasteiger partial charge < -0.3 is 11.1 Å².